The Balaban J connectivity index is 1.22. The number of hydrogen-bond acceptors (Lipinski definition) is 6. The van der Waals surface area contributed by atoms with Crippen LogP contribution in [0, 0.1) is 6.92 Å². The minimum absolute atomic E-state index is 0.238. The summed E-state index contributed by atoms with van der Waals surface area (Å²) in [6.45, 7) is 1.87. The molecule has 3 heterocycles. The Labute approximate surface area is 198 Å². The zero-order chi connectivity index (χ0) is 24.1. The first-order valence-electron chi connectivity index (χ1n) is 11.4. The van der Waals surface area contributed by atoms with Crippen molar-refractivity contribution in [3.8, 4) is 11.4 Å². The number of aromatic nitrogens is 4. The SMILES string of the molecule is Cc1ccc(-c2noc(C3C[C@@H]3F)n2)cc1NC(=O)c1cnn2ccc(NC(=O)NC3CC3)cc12. The molecule has 1 aromatic carbocycles. The number of carbonyl (C=O) groups is 2. The number of nitrogens with zero attached hydrogens (tertiary/aromatic N) is 4. The third kappa shape index (κ3) is 4.32. The van der Waals surface area contributed by atoms with Crippen LogP contribution in [0.25, 0.3) is 16.9 Å². The van der Waals surface area contributed by atoms with Gasteiger partial charge >= 0.3 is 6.03 Å². The summed E-state index contributed by atoms with van der Waals surface area (Å²) in [7, 11) is 0. The van der Waals surface area contributed by atoms with Gasteiger partial charge in [0.2, 0.25) is 11.7 Å². The number of rotatable bonds is 6. The molecular weight excluding hydrogens is 453 g/mol. The van der Waals surface area contributed by atoms with E-state index in [9.17, 15) is 14.0 Å². The summed E-state index contributed by atoms with van der Waals surface area (Å²) in [5.74, 6) is -0.0476. The average Bonchev–Trinajstić information content (AvgIpc) is 3.68. The monoisotopic (exact) mass is 475 g/mol. The standard InChI is InChI=1S/C24H22FN7O3/c1-12-2-3-13(21-30-23(35-31-21)16-10-18(16)25)8-19(12)29-22(33)17-11-26-32-7-6-15(9-20(17)32)28-24(34)27-14-4-5-14/h2-3,6-9,11,14,16,18H,4-5,10H2,1H3,(H,29,33)(H2,27,28,34)/t16?,18-/m0/s1. The van der Waals surface area contributed by atoms with Gasteiger partial charge in [0, 0.05) is 29.2 Å². The fourth-order valence-corrected chi connectivity index (χ4v) is 3.82. The average molecular weight is 475 g/mol. The first kappa shape index (κ1) is 21.3. The molecule has 1 unspecified atom stereocenters. The van der Waals surface area contributed by atoms with Crippen LogP contribution in [-0.4, -0.2) is 43.9 Å². The molecule has 2 fully saturated rings. The van der Waals surface area contributed by atoms with Crippen molar-refractivity contribution in [2.24, 2.45) is 0 Å². The van der Waals surface area contributed by atoms with E-state index in [1.54, 1.807) is 28.9 Å². The van der Waals surface area contributed by atoms with E-state index in [1.807, 2.05) is 19.1 Å². The van der Waals surface area contributed by atoms with Crippen molar-refractivity contribution < 1.29 is 18.5 Å². The maximum atomic E-state index is 13.3. The molecule has 10 nitrogen and oxygen atoms in total. The smallest absolute Gasteiger partial charge is 0.319 e. The molecular formula is C24H22FN7O3. The number of anilines is 2. The van der Waals surface area contributed by atoms with Gasteiger partial charge in [-0.15, -0.1) is 0 Å². The number of alkyl halides is 1. The predicted molar refractivity (Wildman–Crippen MR) is 125 cm³/mol. The van der Waals surface area contributed by atoms with Gasteiger partial charge < -0.3 is 20.5 Å². The molecule has 0 spiro atoms. The van der Waals surface area contributed by atoms with Crippen LogP contribution in [0.1, 0.15) is 47.0 Å². The van der Waals surface area contributed by atoms with Crippen LogP contribution in [0.15, 0.2) is 47.2 Å². The lowest BCUT2D eigenvalue weighted by atomic mass is 10.1. The van der Waals surface area contributed by atoms with Gasteiger partial charge in [0.05, 0.1) is 23.2 Å². The molecule has 3 aromatic heterocycles. The molecule has 35 heavy (non-hydrogen) atoms. The number of hydrogen-bond donors (Lipinski definition) is 3. The maximum absolute atomic E-state index is 13.3. The number of benzene rings is 1. The van der Waals surface area contributed by atoms with Crippen molar-refractivity contribution >= 4 is 28.8 Å². The number of amides is 3. The quantitative estimate of drug-likeness (QED) is 0.386. The van der Waals surface area contributed by atoms with Gasteiger partial charge in [-0.05, 0) is 49.9 Å². The molecule has 11 heteroatoms. The number of aryl methyl sites for hydroxylation is 1. The number of nitrogens with one attached hydrogen (secondary N) is 3. The number of fused-ring (bicyclic) bond motifs is 1. The number of carbonyl (C=O) groups excluding carboxylic acids is 2. The highest BCUT2D eigenvalue weighted by atomic mass is 19.1. The minimum Gasteiger partial charge on any atom is -0.339 e. The molecule has 2 atom stereocenters. The van der Waals surface area contributed by atoms with E-state index in [-0.39, 0.29) is 23.9 Å². The zero-order valence-electron chi connectivity index (χ0n) is 18.8. The summed E-state index contributed by atoms with van der Waals surface area (Å²) in [5, 5.41) is 16.8. The molecule has 0 aliphatic heterocycles. The van der Waals surface area contributed by atoms with Crippen molar-refractivity contribution in [1.82, 2.24) is 25.1 Å². The number of urea groups is 1. The van der Waals surface area contributed by atoms with Gasteiger partial charge in [-0.2, -0.15) is 10.1 Å². The van der Waals surface area contributed by atoms with E-state index in [4.69, 9.17) is 4.52 Å². The Morgan fingerprint density at radius 1 is 1.17 bits per heavy atom. The second kappa shape index (κ2) is 8.19. The highest BCUT2D eigenvalue weighted by Crippen LogP contribution is 2.43. The third-order valence-electron chi connectivity index (χ3n) is 6.15. The first-order chi connectivity index (χ1) is 16.9. The summed E-state index contributed by atoms with van der Waals surface area (Å²) in [6, 6.07) is 8.79. The van der Waals surface area contributed by atoms with Crippen molar-refractivity contribution in [3.05, 3.63) is 59.7 Å². The van der Waals surface area contributed by atoms with Gasteiger partial charge in [0.15, 0.2) is 0 Å². The van der Waals surface area contributed by atoms with Crippen molar-refractivity contribution in [2.75, 3.05) is 10.6 Å². The summed E-state index contributed by atoms with van der Waals surface area (Å²) in [4.78, 5) is 29.5. The molecule has 3 amide bonds. The molecule has 3 N–H and O–H groups in total. The molecule has 4 aromatic rings. The summed E-state index contributed by atoms with van der Waals surface area (Å²) >= 11 is 0. The minimum atomic E-state index is -0.926. The maximum Gasteiger partial charge on any atom is 0.319 e. The van der Waals surface area contributed by atoms with Crippen LogP contribution >= 0.6 is 0 Å². The van der Waals surface area contributed by atoms with Gasteiger partial charge in [0.1, 0.15) is 6.17 Å². The van der Waals surface area contributed by atoms with Crippen LogP contribution in [0.4, 0.5) is 20.6 Å². The van der Waals surface area contributed by atoms with Gasteiger partial charge in [-0.3, -0.25) is 4.79 Å². The third-order valence-corrected chi connectivity index (χ3v) is 6.15. The fraction of sp³-hybridized carbons (Fsp3) is 0.292. The molecule has 6 rings (SSSR count). The van der Waals surface area contributed by atoms with E-state index in [0.29, 0.717) is 46.2 Å². The zero-order valence-corrected chi connectivity index (χ0v) is 18.8. The van der Waals surface area contributed by atoms with Crippen LogP contribution in [0.2, 0.25) is 0 Å². The van der Waals surface area contributed by atoms with E-state index in [1.165, 1.54) is 6.20 Å². The first-order valence-corrected chi connectivity index (χ1v) is 11.4. The largest absolute Gasteiger partial charge is 0.339 e. The van der Waals surface area contributed by atoms with Gasteiger partial charge in [-0.1, -0.05) is 17.3 Å². The number of pyridine rings is 1. The van der Waals surface area contributed by atoms with Crippen LogP contribution in [-0.2, 0) is 0 Å². The molecule has 2 saturated carbocycles. The molecule has 0 saturated heterocycles. The molecule has 2 aliphatic rings. The van der Waals surface area contributed by atoms with Gasteiger partial charge in [-0.25, -0.2) is 13.7 Å². The van der Waals surface area contributed by atoms with E-state index >= 15 is 0 Å². The summed E-state index contributed by atoms with van der Waals surface area (Å²) in [5.41, 5.74) is 3.52. The second-order valence-electron chi connectivity index (χ2n) is 8.97. The lowest BCUT2D eigenvalue weighted by Crippen LogP contribution is -2.30. The topological polar surface area (TPSA) is 126 Å². The number of halogens is 1. The Morgan fingerprint density at radius 3 is 2.77 bits per heavy atom. The summed E-state index contributed by atoms with van der Waals surface area (Å²) < 4.78 is 20.1. The Bertz CT molecular complexity index is 1460. The highest BCUT2D eigenvalue weighted by Gasteiger charge is 2.43. The molecule has 0 radical (unpaired) electrons. The van der Waals surface area contributed by atoms with E-state index in [2.05, 4.69) is 31.2 Å². The molecule has 2 aliphatic carbocycles. The van der Waals surface area contributed by atoms with E-state index < -0.39 is 6.17 Å². The van der Waals surface area contributed by atoms with Crippen molar-refractivity contribution in [1.29, 1.82) is 0 Å². The fourth-order valence-electron chi connectivity index (χ4n) is 3.82. The predicted octanol–water partition coefficient (Wildman–Crippen LogP) is 4.05. The van der Waals surface area contributed by atoms with Crippen LogP contribution < -0.4 is 16.0 Å². The Hall–Kier alpha value is -4.28. The van der Waals surface area contributed by atoms with Crippen molar-refractivity contribution in [2.45, 2.75) is 44.3 Å². The highest BCUT2D eigenvalue weighted by molar-refractivity contribution is 6.09. The van der Waals surface area contributed by atoms with E-state index in [0.717, 1.165) is 18.4 Å². The van der Waals surface area contributed by atoms with Crippen molar-refractivity contribution in [3.63, 3.8) is 0 Å². The molecule has 0 bridgehead atoms. The van der Waals surface area contributed by atoms with Crippen LogP contribution in [0.5, 0.6) is 0 Å². The second-order valence-corrected chi connectivity index (χ2v) is 8.97. The Kier molecular flexibility index (Phi) is 4.97. The van der Waals surface area contributed by atoms with Crippen LogP contribution in [0.3, 0.4) is 0 Å². The van der Waals surface area contributed by atoms with Gasteiger partial charge in [0.25, 0.3) is 5.91 Å². The lowest BCUT2D eigenvalue weighted by molar-refractivity contribution is 0.102. The normalized spacial score (nSPS) is 18.9. The molecule has 178 valence electrons. The lowest BCUT2D eigenvalue weighted by Gasteiger charge is -2.10. The summed E-state index contributed by atoms with van der Waals surface area (Å²) in [6.07, 6.45) is 4.62. The Morgan fingerprint density at radius 2 is 2.00 bits per heavy atom.